The van der Waals surface area contributed by atoms with E-state index in [2.05, 4.69) is 15.6 Å². The molecule has 160 valence electrons. The number of piperidine rings is 1. The van der Waals surface area contributed by atoms with Crippen molar-refractivity contribution < 1.29 is 4.79 Å². The van der Waals surface area contributed by atoms with Crippen LogP contribution in [0.4, 0.5) is 5.69 Å². The molecule has 5 rings (SSSR count). The Morgan fingerprint density at radius 3 is 2.61 bits per heavy atom. The van der Waals surface area contributed by atoms with Gasteiger partial charge in [0.05, 0.1) is 22.3 Å². The smallest absolute Gasteiger partial charge is 0.255 e. The van der Waals surface area contributed by atoms with Gasteiger partial charge in [0, 0.05) is 22.6 Å². The number of hydrogen-bond acceptors (Lipinski definition) is 4. The van der Waals surface area contributed by atoms with Gasteiger partial charge in [-0.2, -0.15) is 5.10 Å². The first kappa shape index (κ1) is 21.4. The number of carbonyl (C=O) groups excluding carboxylic acids is 1. The molecule has 1 aliphatic heterocycles. The van der Waals surface area contributed by atoms with Crippen LogP contribution in [-0.4, -0.2) is 33.6 Å². The van der Waals surface area contributed by atoms with Crippen molar-refractivity contribution >= 4 is 52.2 Å². The molecule has 7 nitrogen and oxygen atoms in total. The summed E-state index contributed by atoms with van der Waals surface area (Å²) in [4.78, 5) is 28.1. The van der Waals surface area contributed by atoms with Gasteiger partial charge in [-0.15, -0.1) is 12.4 Å². The molecule has 0 unspecified atom stereocenters. The van der Waals surface area contributed by atoms with Gasteiger partial charge in [-0.1, -0.05) is 17.7 Å². The first-order chi connectivity index (χ1) is 14.6. The largest absolute Gasteiger partial charge is 0.321 e. The van der Waals surface area contributed by atoms with E-state index in [1.807, 2.05) is 22.7 Å². The summed E-state index contributed by atoms with van der Waals surface area (Å²) in [5, 5.41) is 12.3. The molecule has 1 aliphatic rings. The van der Waals surface area contributed by atoms with Crippen LogP contribution < -0.4 is 16.2 Å². The van der Waals surface area contributed by atoms with E-state index in [-0.39, 0.29) is 29.8 Å². The van der Waals surface area contributed by atoms with Gasteiger partial charge in [-0.3, -0.25) is 9.59 Å². The molecule has 2 aromatic carbocycles. The minimum absolute atomic E-state index is 0. The van der Waals surface area contributed by atoms with Crippen LogP contribution in [-0.2, 0) is 0 Å². The first-order valence-electron chi connectivity index (χ1n) is 9.92. The Bertz CT molecular complexity index is 1310. The summed E-state index contributed by atoms with van der Waals surface area (Å²) >= 11 is 5.92. The highest BCUT2D eigenvalue weighted by Crippen LogP contribution is 2.30. The monoisotopic (exact) mass is 457 g/mol. The fourth-order valence-corrected chi connectivity index (χ4v) is 4.22. The molecule has 1 saturated heterocycles. The summed E-state index contributed by atoms with van der Waals surface area (Å²) in [5.41, 5.74) is 3.13. The summed E-state index contributed by atoms with van der Waals surface area (Å²) < 4.78 is 1.82. The fourth-order valence-electron chi connectivity index (χ4n) is 4.09. The summed E-state index contributed by atoms with van der Waals surface area (Å²) in [6.07, 6.45) is 1.91. The molecule has 0 radical (unpaired) electrons. The summed E-state index contributed by atoms with van der Waals surface area (Å²) in [6, 6.07) is 13.9. The number of carbonyl (C=O) groups is 1. The number of benzene rings is 2. The lowest BCUT2D eigenvalue weighted by molar-refractivity contribution is 0.102. The third-order valence-electron chi connectivity index (χ3n) is 5.58. The fraction of sp³-hybridized carbons (Fsp3) is 0.227. The van der Waals surface area contributed by atoms with E-state index in [1.54, 1.807) is 30.3 Å². The van der Waals surface area contributed by atoms with E-state index < -0.39 is 0 Å². The molecule has 0 bridgehead atoms. The van der Waals surface area contributed by atoms with Gasteiger partial charge in [0.2, 0.25) is 0 Å². The predicted octanol–water partition coefficient (Wildman–Crippen LogP) is 3.97. The van der Waals surface area contributed by atoms with Gasteiger partial charge in [0.25, 0.3) is 11.5 Å². The van der Waals surface area contributed by atoms with Gasteiger partial charge in [-0.05, 0) is 62.3 Å². The molecule has 0 saturated carbocycles. The van der Waals surface area contributed by atoms with Gasteiger partial charge in [-0.25, -0.2) is 4.52 Å². The maximum absolute atomic E-state index is 12.7. The number of H-pyrrole nitrogens is 1. The second-order valence-electron chi connectivity index (χ2n) is 7.50. The number of halogens is 2. The average molecular weight is 458 g/mol. The van der Waals surface area contributed by atoms with E-state index >= 15 is 0 Å². The van der Waals surface area contributed by atoms with Gasteiger partial charge in [0.15, 0.2) is 0 Å². The molecule has 2 aromatic heterocycles. The van der Waals surface area contributed by atoms with Gasteiger partial charge >= 0.3 is 0 Å². The number of fused-ring (bicyclic) bond motifs is 3. The maximum Gasteiger partial charge on any atom is 0.255 e. The molecule has 0 atom stereocenters. The topological polar surface area (TPSA) is 91.3 Å². The number of rotatable bonds is 3. The Labute approximate surface area is 189 Å². The van der Waals surface area contributed by atoms with Crippen molar-refractivity contribution in [3.8, 4) is 0 Å². The number of hydrogen-bond donors (Lipinski definition) is 3. The molecule has 3 N–H and O–H groups in total. The second kappa shape index (κ2) is 8.70. The molecule has 0 aliphatic carbocycles. The lowest BCUT2D eigenvalue weighted by atomic mass is 9.94. The highest BCUT2D eigenvalue weighted by Gasteiger charge is 2.22. The van der Waals surface area contributed by atoms with Crippen LogP contribution in [0.25, 0.3) is 16.6 Å². The Morgan fingerprint density at radius 2 is 1.87 bits per heavy atom. The highest BCUT2D eigenvalue weighted by molar-refractivity contribution is 6.30. The summed E-state index contributed by atoms with van der Waals surface area (Å²) in [7, 11) is 0. The Kier molecular flexibility index (Phi) is 6.00. The van der Waals surface area contributed by atoms with Crippen LogP contribution in [0.1, 0.15) is 34.8 Å². The van der Waals surface area contributed by atoms with Crippen molar-refractivity contribution in [1.82, 2.24) is 19.9 Å². The molecule has 1 fully saturated rings. The predicted molar refractivity (Wildman–Crippen MR) is 125 cm³/mol. The number of nitrogens with zero attached hydrogens (tertiary/aromatic N) is 2. The normalized spacial score (nSPS) is 14.5. The van der Waals surface area contributed by atoms with Crippen molar-refractivity contribution in [2.24, 2.45) is 0 Å². The lowest BCUT2D eigenvalue weighted by Crippen LogP contribution is -2.28. The number of aromatic amines is 1. The van der Waals surface area contributed by atoms with Crippen LogP contribution >= 0.6 is 24.0 Å². The molecule has 3 heterocycles. The summed E-state index contributed by atoms with van der Waals surface area (Å²) in [5.74, 6) is 0.00726. The van der Waals surface area contributed by atoms with Crippen LogP contribution in [0.15, 0.2) is 53.3 Å². The van der Waals surface area contributed by atoms with E-state index in [0.29, 0.717) is 32.8 Å². The quantitative estimate of drug-likeness (QED) is 0.433. The zero-order valence-electron chi connectivity index (χ0n) is 16.5. The maximum atomic E-state index is 12.7. The second-order valence-corrected chi connectivity index (χ2v) is 7.94. The Morgan fingerprint density at radius 1 is 1.13 bits per heavy atom. The van der Waals surface area contributed by atoms with E-state index in [4.69, 9.17) is 16.7 Å². The average Bonchev–Trinajstić information content (AvgIpc) is 3.13. The standard InChI is InChI=1S/C22H20ClN5O2.ClH/c23-15-6-4-14(5-7-15)22(30)25-16-2-1-3-17-20(16)21-26-19(29)12-18(28(21)27-17)13-8-10-24-11-9-13;/h1-7,12-13,24H,8-11H2,(H,25,30)(H,26,29);1H. The number of anilines is 1. The third-order valence-corrected chi connectivity index (χ3v) is 5.83. The van der Waals surface area contributed by atoms with Crippen LogP contribution in [0, 0.1) is 0 Å². The van der Waals surface area contributed by atoms with E-state index in [9.17, 15) is 9.59 Å². The number of amides is 1. The van der Waals surface area contributed by atoms with Crippen molar-refractivity contribution in [3.05, 3.63) is 75.2 Å². The highest BCUT2D eigenvalue weighted by atomic mass is 35.5. The van der Waals surface area contributed by atoms with Crippen molar-refractivity contribution in [1.29, 1.82) is 0 Å². The zero-order valence-corrected chi connectivity index (χ0v) is 18.1. The van der Waals surface area contributed by atoms with E-state index in [1.165, 1.54) is 0 Å². The first-order valence-corrected chi connectivity index (χ1v) is 10.3. The van der Waals surface area contributed by atoms with Crippen LogP contribution in [0.5, 0.6) is 0 Å². The van der Waals surface area contributed by atoms with E-state index in [0.717, 1.165) is 31.6 Å². The Hall–Kier alpha value is -2.87. The van der Waals surface area contributed by atoms with Crippen molar-refractivity contribution in [2.45, 2.75) is 18.8 Å². The van der Waals surface area contributed by atoms with Gasteiger partial charge < -0.3 is 15.6 Å². The molecule has 0 spiro atoms. The summed E-state index contributed by atoms with van der Waals surface area (Å²) in [6.45, 7) is 1.84. The zero-order chi connectivity index (χ0) is 20.7. The third kappa shape index (κ3) is 4.04. The minimum Gasteiger partial charge on any atom is -0.321 e. The van der Waals surface area contributed by atoms with Crippen LogP contribution in [0.3, 0.4) is 0 Å². The van der Waals surface area contributed by atoms with Crippen molar-refractivity contribution in [3.63, 3.8) is 0 Å². The Balaban J connectivity index is 0.00000231. The molecule has 4 aromatic rings. The van der Waals surface area contributed by atoms with Gasteiger partial charge in [0.1, 0.15) is 5.65 Å². The molecular formula is C22H21Cl2N5O2. The van der Waals surface area contributed by atoms with Crippen molar-refractivity contribution in [2.75, 3.05) is 18.4 Å². The number of aromatic nitrogens is 3. The molecule has 1 amide bonds. The SMILES string of the molecule is Cl.O=C(Nc1cccc2nn3c(C4CCNCC4)cc(=O)[nH]c3c12)c1ccc(Cl)cc1. The minimum atomic E-state index is -0.254. The lowest BCUT2D eigenvalue weighted by Gasteiger charge is -2.23. The molecule has 9 heteroatoms. The number of nitrogens with one attached hydrogen (secondary N) is 3. The molecule has 31 heavy (non-hydrogen) atoms. The molecular weight excluding hydrogens is 437 g/mol. The van der Waals surface area contributed by atoms with Crippen LogP contribution in [0.2, 0.25) is 5.02 Å².